The van der Waals surface area contributed by atoms with Gasteiger partial charge < -0.3 is 19.5 Å². The van der Waals surface area contributed by atoms with E-state index in [1.54, 1.807) is 30.2 Å². The van der Waals surface area contributed by atoms with E-state index in [4.69, 9.17) is 9.47 Å². The number of halogens is 1. The zero-order chi connectivity index (χ0) is 23.5. The third-order valence-corrected chi connectivity index (χ3v) is 5.97. The Bertz CT molecular complexity index is 972. The number of aliphatic hydroxyl groups is 1. The predicted octanol–water partition coefficient (Wildman–Crippen LogP) is 5.26. The van der Waals surface area contributed by atoms with E-state index in [1.807, 2.05) is 26.8 Å². The molecule has 1 N–H and O–H groups in total. The highest BCUT2D eigenvalue weighted by atomic mass is 19.1. The van der Waals surface area contributed by atoms with Crippen LogP contribution in [0.5, 0.6) is 5.75 Å². The quantitative estimate of drug-likeness (QED) is 0.616. The van der Waals surface area contributed by atoms with Gasteiger partial charge in [-0.25, -0.2) is 9.18 Å². The number of hydrogen-bond acceptors (Lipinski definition) is 5. The SMILES string of the molecule is C=C[C@H]1CN(C(=O)OC(C)(C)C)CC[C@H]1CCC(O)c1c(F)cnc2ccc(OC)cc12. The van der Waals surface area contributed by atoms with Crippen molar-refractivity contribution < 1.29 is 23.8 Å². The number of likely N-dealkylation sites (tertiary alicyclic amines) is 1. The Hall–Kier alpha value is -2.67. The van der Waals surface area contributed by atoms with E-state index in [0.717, 1.165) is 12.6 Å². The smallest absolute Gasteiger partial charge is 0.410 e. The molecule has 1 aromatic carbocycles. The van der Waals surface area contributed by atoms with Gasteiger partial charge in [-0.05, 0) is 70.1 Å². The highest BCUT2D eigenvalue weighted by Gasteiger charge is 2.32. The number of aliphatic hydroxyl groups excluding tert-OH is 1. The lowest BCUT2D eigenvalue weighted by Crippen LogP contribution is -2.45. The molecular weight excluding hydrogens is 411 g/mol. The van der Waals surface area contributed by atoms with Crippen molar-refractivity contribution in [3.05, 3.63) is 48.4 Å². The molecule has 2 aromatic rings. The predicted molar refractivity (Wildman–Crippen MR) is 122 cm³/mol. The van der Waals surface area contributed by atoms with Crippen LogP contribution in [-0.2, 0) is 4.74 Å². The number of amides is 1. The van der Waals surface area contributed by atoms with Crippen molar-refractivity contribution in [2.45, 2.75) is 51.7 Å². The maximum absolute atomic E-state index is 14.7. The van der Waals surface area contributed by atoms with Crippen LogP contribution in [0.1, 0.15) is 51.7 Å². The molecule has 0 aliphatic carbocycles. The molecule has 2 heterocycles. The van der Waals surface area contributed by atoms with Crippen molar-refractivity contribution in [1.82, 2.24) is 9.88 Å². The first-order valence-electron chi connectivity index (χ1n) is 11.0. The summed E-state index contributed by atoms with van der Waals surface area (Å²) >= 11 is 0. The molecule has 32 heavy (non-hydrogen) atoms. The monoisotopic (exact) mass is 444 g/mol. The Morgan fingerprint density at radius 1 is 1.44 bits per heavy atom. The lowest BCUT2D eigenvalue weighted by Gasteiger charge is -2.38. The molecule has 1 aromatic heterocycles. The number of methoxy groups -OCH3 is 1. The van der Waals surface area contributed by atoms with Crippen LogP contribution in [0.25, 0.3) is 10.9 Å². The molecule has 1 amide bonds. The van der Waals surface area contributed by atoms with E-state index in [2.05, 4.69) is 11.6 Å². The first-order chi connectivity index (χ1) is 15.1. The summed E-state index contributed by atoms with van der Waals surface area (Å²) in [4.78, 5) is 18.3. The molecule has 0 spiro atoms. The molecule has 6 nitrogen and oxygen atoms in total. The number of pyridine rings is 1. The Morgan fingerprint density at radius 3 is 2.84 bits per heavy atom. The van der Waals surface area contributed by atoms with Gasteiger partial charge in [0.2, 0.25) is 0 Å². The summed E-state index contributed by atoms with van der Waals surface area (Å²) in [6, 6.07) is 5.22. The van der Waals surface area contributed by atoms with Crippen LogP contribution < -0.4 is 4.74 Å². The molecule has 174 valence electrons. The number of carbonyl (C=O) groups is 1. The third-order valence-electron chi connectivity index (χ3n) is 5.97. The summed E-state index contributed by atoms with van der Waals surface area (Å²) in [7, 11) is 1.54. The molecule has 3 atom stereocenters. The summed E-state index contributed by atoms with van der Waals surface area (Å²) in [5.74, 6) is 0.381. The van der Waals surface area contributed by atoms with Gasteiger partial charge in [0.1, 0.15) is 17.2 Å². The summed E-state index contributed by atoms with van der Waals surface area (Å²) in [6.07, 6.45) is 3.59. The maximum atomic E-state index is 14.7. The highest BCUT2D eigenvalue weighted by Crippen LogP contribution is 2.35. The first-order valence-corrected chi connectivity index (χ1v) is 11.0. The normalized spacial score (nSPS) is 20.1. The molecule has 1 aliphatic heterocycles. The molecule has 1 fully saturated rings. The van der Waals surface area contributed by atoms with Crippen LogP contribution in [0.15, 0.2) is 37.1 Å². The second-order valence-electron chi connectivity index (χ2n) is 9.37. The summed E-state index contributed by atoms with van der Waals surface area (Å²) in [6.45, 7) is 10.6. The minimum Gasteiger partial charge on any atom is -0.497 e. The maximum Gasteiger partial charge on any atom is 0.410 e. The van der Waals surface area contributed by atoms with Gasteiger partial charge in [0.05, 0.1) is 24.9 Å². The molecule has 3 rings (SSSR count). The third kappa shape index (κ3) is 5.57. The number of rotatable bonds is 6. The van der Waals surface area contributed by atoms with E-state index >= 15 is 0 Å². The van der Waals surface area contributed by atoms with E-state index in [9.17, 15) is 14.3 Å². The number of hydrogen-bond donors (Lipinski definition) is 1. The topological polar surface area (TPSA) is 71.9 Å². The van der Waals surface area contributed by atoms with E-state index in [-0.39, 0.29) is 23.5 Å². The number of piperidine rings is 1. The molecule has 1 aliphatic rings. The van der Waals surface area contributed by atoms with E-state index < -0.39 is 17.5 Å². The number of nitrogens with zero attached hydrogens (tertiary/aromatic N) is 2. The van der Waals surface area contributed by atoms with Crippen LogP contribution in [-0.4, -0.2) is 46.9 Å². The molecule has 1 saturated heterocycles. The Balaban J connectivity index is 1.69. The number of carbonyl (C=O) groups excluding carboxylic acids is 1. The van der Waals surface area contributed by atoms with Crippen molar-refractivity contribution in [2.24, 2.45) is 11.8 Å². The van der Waals surface area contributed by atoms with Gasteiger partial charge in [-0.2, -0.15) is 0 Å². The molecule has 7 heteroatoms. The Labute approximate surface area is 189 Å². The van der Waals surface area contributed by atoms with Crippen LogP contribution in [0, 0.1) is 17.7 Å². The van der Waals surface area contributed by atoms with Crippen LogP contribution in [0.4, 0.5) is 9.18 Å². The van der Waals surface area contributed by atoms with Crippen LogP contribution in [0.3, 0.4) is 0 Å². The molecule has 0 bridgehead atoms. The van der Waals surface area contributed by atoms with Gasteiger partial charge in [-0.15, -0.1) is 6.58 Å². The fraction of sp³-hybridized carbons (Fsp3) is 0.520. The van der Waals surface area contributed by atoms with Crippen molar-refractivity contribution in [1.29, 1.82) is 0 Å². The Kier molecular flexibility index (Phi) is 7.39. The molecule has 0 radical (unpaired) electrons. The average Bonchev–Trinajstić information content (AvgIpc) is 2.75. The lowest BCUT2D eigenvalue weighted by atomic mass is 9.81. The zero-order valence-corrected chi connectivity index (χ0v) is 19.3. The summed E-state index contributed by atoms with van der Waals surface area (Å²) in [5.41, 5.74) is 0.313. The van der Waals surface area contributed by atoms with Gasteiger partial charge in [0.25, 0.3) is 0 Å². The second kappa shape index (κ2) is 9.86. The zero-order valence-electron chi connectivity index (χ0n) is 19.3. The lowest BCUT2D eigenvalue weighted by molar-refractivity contribution is 0.0122. The fourth-order valence-corrected chi connectivity index (χ4v) is 4.30. The average molecular weight is 445 g/mol. The largest absolute Gasteiger partial charge is 0.497 e. The number of fused-ring (bicyclic) bond motifs is 1. The minimum absolute atomic E-state index is 0.0857. The van der Waals surface area contributed by atoms with Gasteiger partial charge in [0.15, 0.2) is 0 Å². The van der Waals surface area contributed by atoms with Crippen molar-refractivity contribution >= 4 is 17.0 Å². The van der Waals surface area contributed by atoms with Gasteiger partial charge in [-0.1, -0.05) is 6.08 Å². The standard InChI is InChI=1S/C25H33FN2O4/c1-6-16-15-28(24(30)32-25(2,3)4)12-11-17(16)7-10-22(29)23-19-13-18(31-5)8-9-21(19)27-14-20(23)26/h6,8-9,13-14,16-17,22,29H,1,7,10-12,15H2,2-5H3/t16-,17+,22?/m0/s1. The van der Waals surface area contributed by atoms with Gasteiger partial charge >= 0.3 is 6.09 Å². The van der Waals surface area contributed by atoms with Crippen molar-refractivity contribution in [2.75, 3.05) is 20.2 Å². The van der Waals surface area contributed by atoms with Crippen molar-refractivity contribution in [3.63, 3.8) is 0 Å². The fourth-order valence-electron chi connectivity index (χ4n) is 4.30. The molecular formula is C25H33FN2O4. The van der Waals surface area contributed by atoms with Crippen molar-refractivity contribution in [3.8, 4) is 5.75 Å². The van der Waals surface area contributed by atoms with Gasteiger partial charge in [0, 0.05) is 24.0 Å². The number of ether oxygens (including phenoxy) is 2. The highest BCUT2D eigenvalue weighted by molar-refractivity contribution is 5.84. The minimum atomic E-state index is -0.970. The summed E-state index contributed by atoms with van der Waals surface area (Å²) < 4.78 is 25.4. The van der Waals surface area contributed by atoms with Crippen LogP contribution >= 0.6 is 0 Å². The number of benzene rings is 1. The van der Waals surface area contributed by atoms with E-state index in [0.29, 0.717) is 42.6 Å². The van der Waals surface area contributed by atoms with Crippen LogP contribution in [0.2, 0.25) is 0 Å². The van der Waals surface area contributed by atoms with Gasteiger partial charge in [-0.3, -0.25) is 4.98 Å². The first kappa shape index (κ1) is 24.0. The number of aromatic nitrogens is 1. The molecule has 0 saturated carbocycles. The molecule has 1 unspecified atom stereocenters. The summed E-state index contributed by atoms with van der Waals surface area (Å²) in [5, 5.41) is 11.5. The Morgan fingerprint density at radius 2 is 2.19 bits per heavy atom. The second-order valence-corrected chi connectivity index (χ2v) is 9.37. The van der Waals surface area contributed by atoms with E-state index in [1.165, 1.54) is 0 Å².